The Morgan fingerprint density at radius 1 is 1.18 bits per heavy atom. The molecule has 0 saturated carbocycles. The smallest absolute Gasteiger partial charge is 0.110 e. The van der Waals surface area contributed by atoms with Crippen LogP contribution < -0.4 is 5.73 Å². The first-order chi connectivity index (χ1) is 7.74. The van der Waals surface area contributed by atoms with Crippen LogP contribution in [0.1, 0.15) is 33.3 Å². The molecule has 2 nitrogen and oxygen atoms in total. The van der Waals surface area contributed by atoms with Gasteiger partial charge in [0.05, 0.1) is 6.07 Å². The Morgan fingerprint density at radius 2 is 1.71 bits per heavy atom. The van der Waals surface area contributed by atoms with E-state index in [1.54, 1.807) is 18.7 Å². The number of rotatable bonds is 3. The standard InChI is InChI=1S/C14H20N2S/c1-13(2,3)11-5-7-12(8-6-11)17-10-14(4,16)9-15/h5-8H,10,16H2,1-4H3. The third kappa shape index (κ3) is 4.41. The van der Waals surface area contributed by atoms with E-state index in [2.05, 4.69) is 51.1 Å². The quantitative estimate of drug-likeness (QED) is 0.835. The van der Waals surface area contributed by atoms with Gasteiger partial charge in [-0.15, -0.1) is 11.8 Å². The maximum Gasteiger partial charge on any atom is 0.110 e. The molecular formula is C14H20N2S. The van der Waals surface area contributed by atoms with Crippen LogP contribution in [-0.4, -0.2) is 11.3 Å². The summed E-state index contributed by atoms with van der Waals surface area (Å²) in [6, 6.07) is 10.6. The second-order valence-corrected chi connectivity index (χ2v) is 6.64. The predicted molar refractivity (Wildman–Crippen MR) is 74.1 cm³/mol. The Hall–Kier alpha value is -0.980. The summed E-state index contributed by atoms with van der Waals surface area (Å²) in [4.78, 5) is 1.16. The highest BCUT2D eigenvalue weighted by atomic mass is 32.2. The summed E-state index contributed by atoms with van der Waals surface area (Å²) in [5.41, 5.74) is 6.52. The van der Waals surface area contributed by atoms with Crippen molar-refractivity contribution in [2.24, 2.45) is 5.73 Å². The Labute approximate surface area is 108 Å². The van der Waals surface area contributed by atoms with Crippen LogP contribution in [0.5, 0.6) is 0 Å². The van der Waals surface area contributed by atoms with E-state index in [1.807, 2.05) is 0 Å². The van der Waals surface area contributed by atoms with Crippen molar-refractivity contribution in [1.29, 1.82) is 5.26 Å². The van der Waals surface area contributed by atoms with E-state index in [4.69, 9.17) is 11.0 Å². The molecule has 1 aromatic rings. The summed E-state index contributed by atoms with van der Waals surface area (Å²) in [6.45, 7) is 8.34. The van der Waals surface area contributed by atoms with E-state index >= 15 is 0 Å². The first-order valence-electron chi connectivity index (χ1n) is 5.68. The van der Waals surface area contributed by atoms with E-state index in [1.165, 1.54) is 5.56 Å². The van der Waals surface area contributed by atoms with Crippen molar-refractivity contribution in [1.82, 2.24) is 0 Å². The second-order valence-electron chi connectivity index (χ2n) is 5.59. The van der Waals surface area contributed by atoms with Gasteiger partial charge in [0.1, 0.15) is 5.54 Å². The lowest BCUT2D eigenvalue weighted by atomic mass is 9.87. The largest absolute Gasteiger partial charge is 0.313 e. The molecule has 1 aromatic carbocycles. The zero-order valence-corrected chi connectivity index (χ0v) is 11.8. The fraction of sp³-hybridized carbons (Fsp3) is 0.500. The van der Waals surface area contributed by atoms with Gasteiger partial charge >= 0.3 is 0 Å². The van der Waals surface area contributed by atoms with Gasteiger partial charge in [0.2, 0.25) is 0 Å². The Morgan fingerprint density at radius 3 is 2.12 bits per heavy atom. The van der Waals surface area contributed by atoms with Crippen molar-refractivity contribution in [2.75, 3.05) is 5.75 Å². The average molecular weight is 248 g/mol. The number of hydrogen-bond donors (Lipinski definition) is 1. The van der Waals surface area contributed by atoms with Crippen LogP contribution >= 0.6 is 11.8 Å². The molecule has 0 spiro atoms. The van der Waals surface area contributed by atoms with Gasteiger partial charge in [0.15, 0.2) is 0 Å². The van der Waals surface area contributed by atoms with Gasteiger partial charge in [-0.2, -0.15) is 5.26 Å². The third-order valence-corrected chi connectivity index (χ3v) is 3.86. The SMILES string of the molecule is CC(N)(C#N)CSc1ccc(C(C)(C)C)cc1. The van der Waals surface area contributed by atoms with Crippen LogP contribution in [0.2, 0.25) is 0 Å². The molecular weight excluding hydrogens is 228 g/mol. The summed E-state index contributed by atoms with van der Waals surface area (Å²) in [5.74, 6) is 0.609. The molecule has 0 aliphatic heterocycles. The molecule has 0 bridgehead atoms. The van der Waals surface area contributed by atoms with Crippen LogP contribution in [0.3, 0.4) is 0 Å². The summed E-state index contributed by atoms with van der Waals surface area (Å²) >= 11 is 1.62. The lowest BCUT2D eigenvalue weighted by Gasteiger charge is -2.19. The predicted octanol–water partition coefficient (Wildman–Crippen LogP) is 3.32. The fourth-order valence-corrected chi connectivity index (χ4v) is 2.18. The summed E-state index contributed by atoms with van der Waals surface area (Å²) in [6.07, 6.45) is 0. The van der Waals surface area contributed by atoms with E-state index < -0.39 is 5.54 Å². The normalized spacial score (nSPS) is 15.1. The lowest BCUT2D eigenvalue weighted by molar-refractivity contribution is 0.589. The number of nitrogens with zero attached hydrogens (tertiary/aromatic N) is 1. The van der Waals surface area contributed by atoms with Crippen molar-refractivity contribution in [3.63, 3.8) is 0 Å². The van der Waals surface area contributed by atoms with Crippen LogP contribution in [0, 0.1) is 11.3 Å². The zero-order valence-electron chi connectivity index (χ0n) is 10.9. The van der Waals surface area contributed by atoms with Gasteiger partial charge in [-0.25, -0.2) is 0 Å². The highest BCUT2D eigenvalue weighted by Crippen LogP contribution is 2.26. The minimum Gasteiger partial charge on any atom is -0.313 e. The number of thioether (sulfide) groups is 1. The van der Waals surface area contributed by atoms with Crippen LogP contribution in [0.4, 0.5) is 0 Å². The molecule has 1 atom stereocenters. The molecule has 0 radical (unpaired) electrons. The highest BCUT2D eigenvalue weighted by Gasteiger charge is 2.18. The van der Waals surface area contributed by atoms with Crippen molar-refractivity contribution in [2.45, 2.75) is 43.5 Å². The molecule has 92 valence electrons. The highest BCUT2D eigenvalue weighted by molar-refractivity contribution is 7.99. The van der Waals surface area contributed by atoms with Gasteiger partial charge in [0, 0.05) is 10.6 Å². The Bertz CT molecular complexity index is 407. The average Bonchev–Trinajstić information content (AvgIpc) is 2.26. The monoisotopic (exact) mass is 248 g/mol. The van der Waals surface area contributed by atoms with Crippen molar-refractivity contribution in [3.05, 3.63) is 29.8 Å². The molecule has 0 saturated heterocycles. The van der Waals surface area contributed by atoms with Gasteiger partial charge in [-0.05, 0) is 30.0 Å². The molecule has 0 fully saturated rings. The molecule has 17 heavy (non-hydrogen) atoms. The molecule has 0 aliphatic carbocycles. The van der Waals surface area contributed by atoms with Crippen LogP contribution in [0.25, 0.3) is 0 Å². The van der Waals surface area contributed by atoms with E-state index in [0.29, 0.717) is 5.75 Å². The molecule has 0 amide bonds. The summed E-state index contributed by atoms with van der Waals surface area (Å²) in [5, 5.41) is 8.83. The van der Waals surface area contributed by atoms with Gasteiger partial charge < -0.3 is 5.73 Å². The molecule has 1 rings (SSSR count). The van der Waals surface area contributed by atoms with Gasteiger partial charge in [-0.1, -0.05) is 32.9 Å². The van der Waals surface area contributed by atoms with Crippen LogP contribution in [0.15, 0.2) is 29.2 Å². The minimum absolute atomic E-state index is 0.179. The van der Waals surface area contributed by atoms with E-state index in [9.17, 15) is 0 Å². The first kappa shape index (κ1) is 14.1. The molecule has 2 N–H and O–H groups in total. The van der Waals surface area contributed by atoms with E-state index in [-0.39, 0.29) is 5.41 Å². The molecule has 0 aromatic heterocycles. The van der Waals surface area contributed by atoms with Crippen LogP contribution in [-0.2, 0) is 5.41 Å². The number of benzene rings is 1. The maximum absolute atomic E-state index is 8.83. The molecule has 0 heterocycles. The van der Waals surface area contributed by atoms with Crippen molar-refractivity contribution >= 4 is 11.8 Å². The van der Waals surface area contributed by atoms with Crippen molar-refractivity contribution in [3.8, 4) is 6.07 Å². The Balaban J connectivity index is 2.68. The second kappa shape index (κ2) is 5.12. The zero-order chi connectivity index (χ0) is 13.1. The van der Waals surface area contributed by atoms with Gasteiger partial charge in [0.25, 0.3) is 0 Å². The molecule has 0 aliphatic rings. The minimum atomic E-state index is -0.757. The number of hydrogen-bond acceptors (Lipinski definition) is 3. The summed E-state index contributed by atoms with van der Waals surface area (Å²) in [7, 11) is 0. The topological polar surface area (TPSA) is 49.8 Å². The summed E-state index contributed by atoms with van der Waals surface area (Å²) < 4.78 is 0. The van der Waals surface area contributed by atoms with Gasteiger partial charge in [-0.3, -0.25) is 0 Å². The molecule has 1 unspecified atom stereocenters. The third-order valence-electron chi connectivity index (χ3n) is 2.51. The number of nitrogens with two attached hydrogens (primary N) is 1. The maximum atomic E-state index is 8.83. The number of nitriles is 1. The van der Waals surface area contributed by atoms with Crippen molar-refractivity contribution < 1.29 is 0 Å². The Kier molecular flexibility index (Phi) is 4.24. The first-order valence-corrected chi connectivity index (χ1v) is 6.67. The fourth-order valence-electron chi connectivity index (χ4n) is 1.32. The van der Waals surface area contributed by atoms with E-state index in [0.717, 1.165) is 4.90 Å². The molecule has 3 heteroatoms. The lowest BCUT2D eigenvalue weighted by Crippen LogP contribution is -2.36.